The van der Waals surface area contributed by atoms with E-state index in [1.807, 2.05) is 13.8 Å². The zero-order valence-electron chi connectivity index (χ0n) is 10.7. The van der Waals surface area contributed by atoms with E-state index in [0.29, 0.717) is 26.4 Å². The van der Waals surface area contributed by atoms with Gasteiger partial charge in [-0.2, -0.15) is 0 Å². The zero-order chi connectivity index (χ0) is 12.6. The van der Waals surface area contributed by atoms with Gasteiger partial charge in [-0.3, -0.25) is 4.79 Å². The third-order valence-corrected chi connectivity index (χ3v) is 1.34. The van der Waals surface area contributed by atoms with E-state index in [0.717, 1.165) is 13.0 Å². The Bertz CT molecular complexity index is 142. The van der Waals surface area contributed by atoms with Crippen LogP contribution in [-0.2, 0) is 19.0 Å². The van der Waals surface area contributed by atoms with E-state index >= 15 is 0 Å². The maximum absolute atomic E-state index is 10.2. The molecule has 0 aromatic rings. The molecule has 0 rings (SSSR count). The Balaban J connectivity index is 0. The van der Waals surface area contributed by atoms with Crippen molar-refractivity contribution in [2.24, 2.45) is 5.73 Å². The minimum Gasteiger partial charge on any atom is -0.379 e. The number of ether oxygens (including phenoxy) is 3. The zero-order valence-corrected chi connectivity index (χ0v) is 10.7. The Kier molecular flexibility index (Phi) is 18.6. The van der Waals surface area contributed by atoms with Gasteiger partial charge in [-0.05, 0) is 6.42 Å². The summed E-state index contributed by atoms with van der Waals surface area (Å²) < 4.78 is 15.2. The second-order valence-corrected chi connectivity index (χ2v) is 2.74. The van der Waals surface area contributed by atoms with Crippen molar-refractivity contribution in [3.63, 3.8) is 0 Å². The van der Waals surface area contributed by atoms with Crippen LogP contribution in [0.4, 0.5) is 0 Å². The minimum atomic E-state index is -0.462. The van der Waals surface area contributed by atoms with Crippen LogP contribution >= 0.6 is 0 Å². The Labute approximate surface area is 98.2 Å². The van der Waals surface area contributed by atoms with Crippen LogP contribution in [0, 0.1) is 0 Å². The molecule has 98 valence electrons. The fourth-order valence-electron chi connectivity index (χ4n) is 0.757. The first-order valence-electron chi connectivity index (χ1n) is 5.79. The summed E-state index contributed by atoms with van der Waals surface area (Å²) in [5, 5.41) is 0. The molecule has 1 amide bonds. The smallest absolute Gasteiger partial charge is 0.243 e. The lowest BCUT2D eigenvalue weighted by Crippen LogP contribution is -2.20. The first kappa shape index (κ1) is 17.7. The molecule has 0 atom stereocenters. The van der Waals surface area contributed by atoms with Gasteiger partial charge in [-0.25, -0.2) is 0 Å². The molecule has 0 bridgehead atoms. The van der Waals surface area contributed by atoms with E-state index < -0.39 is 5.91 Å². The lowest BCUT2D eigenvalue weighted by atomic mass is 10.5. The lowest BCUT2D eigenvalue weighted by Gasteiger charge is -2.04. The molecule has 5 nitrogen and oxygen atoms in total. The number of hydrogen-bond donors (Lipinski definition) is 1. The number of carbonyl (C=O) groups excluding carboxylic acids is 1. The molecule has 0 fully saturated rings. The molecular weight excluding hydrogens is 210 g/mol. The van der Waals surface area contributed by atoms with Gasteiger partial charge in [-0.15, -0.1) is 0 Å². The predicted octanol–water partition coefficient (Wildman–Crippen LogP) is 0.958. The molecule has 2 N–H and O–H groups in total. The van der Waals surface area contributed by atoms with Crippen molar-refractivity contribution in [3.8, 4) is 0 Å². The van der Waals surface area contributed by atoms with Crippen LogP contribution in [0.25, 0.3) is 0 Å². The average molecular weight is 235 g/mol. The standard InChI is InChI=1S/C9H19NO4.C2H6/c1-2-3-12-4-5-13-6-7-14-8-9(10)11;1-2/h2-8H2,1H3,(H2,10,11);1-2H3. The van der Waals surface area contributed by atoms with Crippen molar-refractivity contribution in [1.29, 1.82) is 0 Å². The summed E-state index contributed by atoms with van der Waals surface area (Å²) in [6, 6.07) is 0. The lowest BCUT2D eigenvalue weighted by molar-refractivity contribution is -0.123. The van der Waals surface area contributed by atoms with Gasteiger partial charge in [0.25, 0.3) is 0 Å². The van der Waals surface area contributed by atoms with Crippen LogP contribution in [0.1, 0.15) is 27.2 Å². The summed E-state index contributed by atoms with van der Waals surface area (Å²) in [6.45, 7) is 8.78. The van der Waals surface area contributed by atoms with Gasteiger partial charge < -0.3 is 19.9 Å². The highest BCUT2D eigenvalue weighted by atomic mass is 16.5. The molecule has 0 aromatic carbocycles. The number of primary amides is 1. The van der Waals surface area contributed by atoms with Crippen molar-refractivity contribution in [2.45, 2.75) is 27.2 Å². The highest BCUT2D eigenvalue weighted by molar-refractivity contribution is 5.74. The predicted molar refractivity (Wildman–Crippen MR) is 63.3 cm³/mol. The van der Waals surface area contributed by atoms with Gasteiger partial charge in [0, 0.05) is 6.61 Å². The van der Waals surface area contributed by atoms with Crippen molar-refractivity contribution in [3.05, 3.63) is 0 Å². The molecule has 0 aromatic heterocycles. The maximum atomic E-state index is 10.2. The van der Waals surface area contributed by atoms with Crippen LogP contribution in [0.2, 0.25) is 0 Å². The second kappa shape index (κ2) is 16.8. The van der Waals surface area contributed by atoms with Crippen molar-refractivity contribution in [1.82, 2.24) is 0 Å². The van der Waals surface area contributed by atoms with Gasteiger partial charge in [0.15, 0.2) is 0 Å². The molecule has 0 heterocycles. The summed E-state index contributed by atoms with van der Waals surface area (Å²) in [4.78, 5) is 10.2. The number of nitrogens with two attached hydrogens (primary N) is 1. The Hall–Kier alpha value is -0.650. The first-order valence-corrected chi connectivity index (χ1v) is 5.79. The number of rotatable bonds is 10. The van der Waals surface area contributed by atoms with Crippen molar-refractivity contribution < 1.29 is 19.0 Å². The summed E-state index contributed by atoms with van der Waals surface area (Å²) in [7, 11) is 0. The van der Waals surface area contributed by atoms with E-state index in [9.17, 15) is 4.79 Å². The Morgan fingerprint density at radius 2 is 1.38 bits per heavy atom. The second-order valence-electron chi connectivity index (χ2n) is 2.74. The summed E-state index contributed by atoms with van der Waals surface area (Å²) in [6.07, 6.45) is 1.02. The maximum Gasteiger partial charge on any atom is 0.243 e. The van der Waals surface area contributed by atoms with Crippen LogP contribution in [0.3, 0.4) is 0 Å². The van der Waals surface area contributed by atoms with Crippen molar-refractivity contribution in [2.75, 3.05) is 39.6 Å². The molecule has 5 heteroatoms. The molecule has 0 saturated heterocycles. The minimum absolute atomic E-state index is 0.0459. The van der Waals surface area contributed by atoms with E-state index in [1.165, 1.54) is 0 Å². The third kappa shape index (κ3) is 19.0. The van der Waals surface area contributed by atoms with Gasteiger partial charge in [0.05, 0.1) is 26.4 Å². The van der Waals surface area contributed by atoms with Crippen LogP contribution in [0.5, 0.6) is 0 Å². The quantitative estimate of drug-likeness (QED) is 0.572. The fourth-order valence-corrected chi connectivity index (χ4v) is 0.757. The largest absolute Gasteiger partial charge is 0.379 e. The molecule has 0 aliphatic rings. The number of carbonyl (C=O) groups is 1. The van der Waals surface area contributed by atoms with Crippen LogP contribution in [0.15, 0.2) is 0 Å². The Morgan fingerprint density at radius 3 is 1.81 bits per heavy atom. The summed E-state index contributed by atoms with van der Waals surface area (Å²) >= 11 is 0. The fraction of sp³-hybridized carbons (Fsp3) is 0.909. The number of hydrogen-bond acceptors (Lipinski definition) is 4. The van der Waals surface area contributed by atoms with E-state index in [4.69, 9.17) is 19.9 Å². The molecule has 16 heavy (non-hydrogen) atoms. The topological polar surface area (TPSA) is 70.8 Å². The molecule has 0 unspecified atom stereocenters. The normalized spacial score (nSPS) is 9.44. The molecule has 0 aliphatic heterocycles. The molecule has 0 aliphatic carbocycles. The van der Waals surface area contributed by atoms with Gasteiger partial charge in [0.1, 0.15) is 6.61 Å². The SMILES string of the molecule is CC.CCCOCCOCCOCC(N)=O. The molecular formula is C11H25NO4. The molecule has 0 spiro atoms. The molecule has 0 radical (unpaired) electrons. The van der Waals surface area contributed by atoms with Crippen LogP contribution < -0.4 is 5.73 Å². The van der Waals surface area contributed by atoms with Gasteiger partial charge in [0.2, 0.25) is 5.91 Å². The molecule has 0 saturated carbocycles. The monoisotopic (exact) mass is 235 g/mol. The van der Waals surface area contributed by atoms with E-state index in [1.54, 1.807) is 0 Å². The third-order valence-electron chi connectivity index (χ3n) is 1.34. The van der Waals surface area contributed by atoms with Gasteiger partial charge in [-0.1, -0.05) is 20.8 Å². The first-order chi connectivity index (χ1) is 7.77. The summed E-state index contributed by atoms with van der Waals surface area (Å²) in [5.41, 5.74) is 4.86. The van der Waals surface area contributed by atoms with E-state index in [-0.39, 0.29) is 6.61 Å². The van der Waals surface area contributed by atoms with Crippen molar-refractivity contribution >= 4 is 5.91 Å². The summed E-state index contributed by atoms with van der Waals surface area (Å²) in [5.74, 6) is -0.462. The average Bonchev–Trinajstić information content (AvgIpc) is 2.29. The number of amides is 1. The highest BCUT2D eigenvalue weighted by Crippen LogP contribution is 1.82. The Morgan fingerprint density at radius 1 is 0.938 bits per heavy atom. The van der Waals surface area contributed by atoms with Gasteiger partial charge >= 0.3 is 0 Å². The van der Waals surface area contributed by atoms with E-state index in [2.05, 4.69) is 6.92 Å². The highest BCUT2D eigenvalue weighted by Gasteiger charge is 1.93. The van der Waals surface area contributed by atoms with Crippen LogP contribution in [-0.4, -0.2) is 45.5 Å².